The van der Waals surface area contributed by atoms with E-state index in [0.29, 0.717) is 12.8 Å². The molecule has 124 valence electrons. The highest BCUT2D eigenvalue weighted by molar-refractivity contribution is 4.82. The van der Waals surface area contributed by atoms with Crippen molar-refractivity contribution in [2.75, 3.05) is 27.4 Å². The number of ether oxygens (including phenoxy) is 3. The van der Waals surface area contributed by atoms with Gasteiger partial charge in [-0.1, -0.05) is 24.3 Å². The average Bonchev–Trinajstić information content (AvgIpc) is 2.51. The fraction of sp³-hybridized carbons (Fsp3) is 0.750. The molecule has 21 heavy (non-hydrogen) atoms. The van der Waals surface area contributed by atoms with Crippen molar-refractivity contribution in [3.63, 3.8) is 0 Å². The maximum atomic E-state index is 8.67. The zero-order valence-electron chi connectivity index (χ0n) is 13.2. The van der Waals surface area contributed by atoms with E-state index in [9.17, 15) is 0 Å². The van der Waals surface area contributed by atoms with Crippen molar-refractivity contribution in [1.29, 1.82) is 0 Å². The van der Waals surface area contributed by atoms with Crippen LogP contribution in [0.4, 0.5) is 0 Å². The van der Waals surface area contributed by atoms with Crippen LogP contribution in [0, 0.1) is 0 Å². The minimum Gasteiger partial charge on any atom is -0.396 e. The Bertz CT molecular complexity index is 239. The van der Waals surface area contributed by atoms with Crippen molar-refractivity contribution in [2.24, 2.45) is 0 Å². The lowest BCUT2D eigenvalue weighted by atomic mass is 10.2. The Morgan fingerprint density at radius 3 is 1.43 bits per heavy atom. The first-order chi connectivity index (χ1) is 10.3. The molecule has 0 aliphatic carbocycles. The summed E-state index contributed by atoms with van der Waals surface area (Å²) in [6.45, 7) is 0.354. The monoisotopic (exact) mass is 302 g/mol. The van der Waals surface area contributed by atoms with E-state index >= 15 is 0 Å². The van der Waals surface area contributed by atoms with Crippen LogP contribution in [0.3, 0.4) is 0 Å². The van der Waals surface area contributed by atoms with Gasteiger partial charge in [-0.25, -0.2) is 0 Å². The highest BCUT2D eigenvalue weighted by Crippen LogP contribution is 2.12. The smallest absolute Gasteiger partial charge is 0.160 e. The molecule has 0 bridgehead atoms. The summed E-state index contributed by atoms with van der Waals surface area (Å²) in [6, 6.07) is 0. The van der Waals surface area contributed by atoms with Crippen molar-refractivity contribution < 1.29 is 24.4 Å². The Hall–Kier alpha value is -0.720. The Balaban J connectivity index is 3.93. The highest BCUT2D eigenvalue weighted by Gasteiger charge is 2.14. The lowest BCUT2D eigenvalue weighted by Crippen LogP contribution is -2.25. The van der Waals surface area contributed by atoms with Crippen molar-refractivity contribution in [3.05, 3.63) is 24.3 Å². The van der Waals surface area contributed by atoms with E-state index in [0.717, 1.165) is 25.7 Å². The van der Waals surface area contributed by atoms with Crippen LogP contribution >= 0.6 is 0 Å². The molecule has 2 atom stereocenters. The molecule has 5 heteroatoms. The maximum absolute atomic E-state index is 8.67. The van der Waals surface area contributed by atoms with Gasteiger partial charge in [0.05, 0.1) is 0 Å². The van der Waals surface area contributed by atoms with E-state index in [1.54, 1.807) is 14.2 Å². The predicted molar refractivity (Wildman–Crippen MR) is 82.8 cm³/mol. The van der Waals surface area contributed by atoms with Crippen LogP contribution in [0.15, 0.2) is 24.3 Å². The summed E-state index contributed by atoms with van der Waals surface area (Å²) in [5, 5.41) is 17.3. The van der Waals surface area contributed by atoms with Crippen LogP contribution < -0.4 is 0 Å². The molecule has 0 fully saturated rings. The van der Waals surface area contributed by atoms with E-state index in [2.05, 4.69) is 0 Å². The van der Waals surface area contributed by atoms with E-state index in [4.69, 9.17) is 24.4 Å². The molecule has 0 aromatic rings. The summed E-state index contributed by atoms with van der Waals surface area (Å²) in [5.74, 6) is 0. The first kappa shape index (κ1) is 20.3. The fourth-order valence-corrected chi connectivity index (χ4v) is 1.74. The van der Waals surface area contributed by atoms with Crippen LogP contribution in [0.1, 0.15) is 38.5 Å². The molecule has 0 rings (SSSR count). The van der Waals surface area contributed by atoms with E-state index in [1.165, 1.54) is 0 Å². The second kappa shape index (κ2) is 15.7. The SMILES string of the molecule is COC(CC/C=C/CCO)OC(CC/C=C/CCO)OC. The number of aliphatic hydroxyl groups is 2. The summed E-state index contributed by atoms with van der Waals surface area (Å²) in [6.07, 6.45) is 11.9. The second-order valence-corrected chi connectivity index (χ2v) is 4.59. The Morgan fingerprint density at radius 1 is 0.714 bits per heavy atom. The summed E-state index contributed by atoms with van der Waals surface area (Å²) in [7, 11) is 3.24. The molecule has 0 amide bonds. The summed E-state index contributed by atoms with van der Waals surface area (Å²) >= 11 is 0. The second-order valence-electron chi connectivity index (χ2n) is 4.59. The van der Waals surface area contributed by atoms with E-state index in [-0.39, 0.29) is 25.8 Å². The van der Waals surface area contributed by atoms with Gasteiger partial charge in [0.25, 0.3) is 0 Å². The number of aliphatic hydroxyl groups excluding tert-OH is 2. The molecule has 0 aliphatic rings. The number of allylic oxidation sites excluding steroid dienone is 2. The Morgan fingerprint density at radius 2 is 1.10 bits per heavy atom. The number of hydrogen-bond donors (Lipinski definition) is 2. The molecule has 0 aromatic carbocycles. The zero-order chi connectivity index (χ0) is 15.8. The Kier molecular flexibility index (Phi) is 15.1. The molecule has 0 heterocycles. The molecule has 0 saturated heterocycles. The quantitative estimate of drug-likeness (QED) is 0.381. The van der Waals surface area contributed by atoms with Gasteiger partial charge in [0, 0.05) is 40.3 Å². The van der Waals surface area contributed by atoms with Crippen molar-refractivity contribution in [1.82, 2.24) is 0 Å². The van der Waals surface area contributed by atoms with Gasteiger partial charge in [-0.15, -0.1) is 0 Å². The third-order valence-corrected chi connectivity index (χ3v) is 2.89. The molecule has 0 aromatic heterocycles. The third kappa shape index (κ3) is 12.7. The van der Waals surface area contributed by atoms with E-state index in [1.807, 2.05) is 24.3 Å². The molecular weight excluding hydrogens is 272 g/mol. The largest absolute Gasteiger partial charge is 0.396 e. The molecular formula is C16H30O5. The third-order valence-electron chi connectivity index (χ3n) is 2.89. The normalized spacial score (nSPS) is 15.0. The lowest BCUT2D eigenvalue weighted by Gasteiger charge is -2.22. The lowest BCUT2D eigenvalue weighted by molar-refractivity contribution is -0.232. The van der Waals surface area contributed by atoms with Crippen LogP contribution in [-0.2, 0) is 14.2 Å². The first-order valence-electron chi connectivity index (χ1n) is 7.51. The van der Waals surface area contributed by atoms with Crippen LogP contribution in [0.5, 0.6) is 0 Å². The van der Waals surface area contributed by atoms with Crippen molar-refractivity contribution >= 4 is 0 Å². The van der Waals surface area contributed by atoms with Crippen LogP contribution in [0.25, 0.3) is 0 Å². The molecule has 5 nitrogen and oxygen atoms in total. The zero-order valence-corrected chi connectivity index (χ0v) is 13.2. The number of methoxy groups -OCH3 is 2. The minimum absolute atomic E-state index is 0.177. The summed E-state index contributed by atoms with van der Waals surface area (Å²) in [5.41, 5.74) is 0. The number of rotatable bonds is 14. The molecule has 0 spiro atoms. The molecule has 0 radical (unpaired) electrons. The van der Waals surface area contributed by atoms with Crippen molar-refractivity contribution in [2.45, 2.75) is 51.1 Å². The van der Waals surface area contributed by atoms with Gasteiger partial charge in [-0.05, 0) is 25.7 Å². The molecule has 2 unspecified atom stereocenters. The topological polar surface area (TPSA) is 68.2 Å². The minimum atomic E-state index is -0.296. The van der Waals surface area contributed by atoms with Gasteiger partial charge in [0.1, 0.15) is 0 Å². The Labute approximate surface area is 128 Å². The van der Waals surface area contributed by atoms with Gasteiger partial charge in [0.2, 0.25) is 0 Å². The van der Waals surface area contributed by atoms with Crippen molar-refractivity contribution in [3.8, 4) is 0 Å². The van der Waals surface area contributed by atoms with Gasteiger partial charge < -0.3 is 24.4 Å². The summed E-state index contributed by atoms with van der Waals surface area (Å²) < 4.78 is 16.3. The van der Waals surface area contributed by atoms with Crippen LogP contribution in [-0.4, -0.2) is 50.2 Å². The van der Waals surface area contributed by atoms with Gasteiger partial charge in [0.15, 0.2) is 12.6 Å². The maximum Gasteiger partial charge on any atom is 0.160 e. The molecule has 0 saturated carbocycles. The average molecular weight is 302 g/mol. The predicted octanol–water partition coefficient (Wildman–Crippen LogP) is 2.39. The van der Waals surface area contributed by atoms with Crippen LogP contribution in [0.2, 0.25) is 0 Å². The standard InChI is InChI=1S/C16H30O5/c1-19-15(11-7-3-5-9-13-17)21-16(20-2)12-8-4-6-10-14-18/h3-6,15-18H,7-14H2,1-2H3/b5-3+,6-4+. The van der Waals surface area contributed by atoms with Gasteiger partial charge >= 0.3 is 0 Å². The van der Waals surface area contributed by atoms with Gasteiger partial charge in [-0.2, -0.15) is 0 Å². The first-order valence-corrected chi connectivity index (χ1v) is 7.51. The van der Waals surface area contributed by atoms with E-state index < -0.39 is 0 Å². The fourth-order valence-electron chi connectivity index (χ4n) is 1.74. The highest BCUT2D eigenvalue weighted by atomic mass is 16.8. The summed E-state index contributed by atoms with van der Waals surface area (Å²) in [4.78, 5) is 0. The number of hydrogen-bond acceptors (Lipinski definition) is 5. The molecule has 2 N–H and O–H groups in total. The molecule has 0 aliphatic heterocycles. The van der Waals surface area contributed by atoms with Gasteiger partial charge in [-0.3, -0.25) is 0 Å².